The molecule has 3 heterocycles. The van der Waals surface area contributed by atoms with E-state index >= 15 is 0 Å². The Bertz CT molecular complexity index is 1420. The van der Waals surface area contributed by atoms with Gasteiger partial charge in [-0.15, -0.1) is 0 Å². The van der Waals surface area contributed by atoms with Crippen LogP contribution in [0.2, 0.25) is 0 Å². The maximum Gasteiger partial charge on any atom is 0.433 e. The molecule has 42 heavy (non-hydrogen) atoms. The van der Waals surface area contributed by atoms with Crippen molar-refractivity contribution in [1.82, 2.24) is 20.0 Å². The van der Waals surface area contributed by atoms with Crippen LogP contribution in [0.5, 0.6) is 0 Å². The highest BCUT2D eigenvalue weighted by molar-refractivity contribution is 6.24. The zero-order valence-corrected chi connectivity index (χ0v) is 21.6. The third-order valence-corrected chi connectivity index (χ3v) is 6.98. The largest absolute Gasteiger partial charge is 0.509 e. The molecule has 4 rings (SSSR count). The van der Waals surface area contributed by atoms with Crippen LogP contribution >= 0.6 is 0 Å². The Kier molecular flexibility index (Phi) is 7.94. The number of anilines is 1. The van der Waals surface area contributed by atoms with Crippen LogP contribution in [0.25, 0.3) is 11.3 Å². The monoisotopic (exact) mass is 611 g/mol. The highest BCUT2D eigenvalue weighted by Gasteiger charge is 2.52. The molecule has 2 aliphatic rings. The van der Waals surface area contributed by atoms with Crippen molar-refractivity contribution < 1.29 is 54.2 Å². The standard InChI is InChI=1S/C25H22F9N5O3/c1-22-6-2-9-39(22)38(8-3-7-23(26,27)28)21(42)18(19(22)40)20(41)37-15-5-4-13(24(29,30)31)10-14(15)16-11-17(25(32,33)34)36-12-35-16/h4-5,10-12,40H,2-3,6-9H2,1H3,(H,37,41)/t22-/m1/s1. The fourth-order valence-corrected chi connectivity index (χ4v) is 4.93. The number of alkyl halides is 9. The number of aliphatic hydroxyl groups is 1. The number of hydrogen-bond donors (Lipinski definition) is 2. The lowest BCUT2D eigenvalue weighted by Gasteiger charge is -2.46. The number of benzene rings is 1. The first-order chi connectivity index (χ1) is 19.3. The van der Waals surface area contributed by atoms with Crippen LogP contribution in [0.4, 0.5) is 45.2 Å². The Morgan fingerprint density at radius 1 is 1.05 bits per heavy atom. The van der Waals surface area contributed by atoms with Crippen LogP contribution < -0.4 is 5.32 Å². The van der Waals surface area contributed by atoms with E-state index in [4.69, 9.17) is 0 Å². The highest BCUT2D eigenvalue weighted by atomic mass is 19.4. The first-order valence-corrected chi connectivity index (χ1v) is 12.3. The average molecular weight is 611 g/mol. The first kappa shape index (κ1) is 31.1. The minimum atomic E-state index is -4.98. The molecule has 8 nitrogen and oxygen atoms in total. The summed E-state index contributed by atoms with van der Waals surface area (Å²) in [4.78, 5) is 33.4. The summed E-state index contributed by atoms with van der Waals surface area (Å²) < 4.78 is 118. The maximum atomic E-state index is 13.5. The zero-order valence-electron chi connectivity index (χ0n) is 21.6. The molecular weight excluding hydrogens is 589 g/mol. The van der Waals surface area contributed by atoms with Crippen molar-refractivity contribution in [3.63, 3.8) is 0 Å². The fraction of sp³-hybridized carbons (Fsp3) is 0.440. The van der Waals surface area contributed by atoms with Gasteiger partial charge in [-0.05, 0) is 50.5 Å². The SMILES string of the molecule is C[C@]12CCCN1N(CCCC(F)(F)F)C(=O)C(C(=O)Nc1ccc(C(F)(F)F)cc1-c1cc(C(F)(F)F)ncn1)=C2O. The molecule has 1 saturated heterocycles. The quantitative estimate of drug-likeness (QED) is 0.313. The molecule has 2 amide bonds. The van der Waals surface area contributed by atoms with Crippen LogP contribution in [-0.4, -0.2) is 61.7 Å². The van der Waals surface area contributed by atoms with E-state index in [1.807, 2.05) is 0 Å². The predicted octanol–water partition coefficient (Wildman–Crippen LogP) is 5.89. The molecule has 2 N–H and O–H groups in total. The van der Waals surface area contributed by atoms with Crippen molar-refractivity contribution in [2.24, 2.45) is 0 Å². The molecule has 2 aromatic rings. The predicted molar refractivity (Wildman–Crippen MR) is 127 cm³/mol. The van der Waals surface area contributed by atoms with Gasteiger partial charge < -0.3 is 10.4 Å². The number of carbonyl (C=O) groups excluding carboxylic acids is 2. The second-order valence-electron chi connectivity index (χ2n) is 9.87. The number of amides is 2. The Hall–Kier alpha value is -3.89. The van der Waals surface area contributed by atoms with Gasteiger partial charge in [0, 0.05) is 25.1 Å². The second-order valence-corrected chi connectivity index (χ2v) is 9.87. The number of nitrogens with one attached hydrogen (secondary N) is 1. The van der Waals surface area contributed by atoms with Gasteiger partial charge in [0.15, 0.2) is 0 Å². The number of rotatable bonds is 6. The van der Waals surface area contributed by atoms with E-state index in [0.29, 0.717) is 30.9 Å². The second kappa shape index (κ2) is 10.7. The van der Waals surface area contributed by atoms with Crippen molar-refractivity contribution in [3.8, 4) is 11.3 Å². The van der Waals surface area contributed by atoms with Gasteiger partial charge in [-0.25, -0.2) is 15.0 Å². The summed E-state index contributed by atoms with van der Waals surface area (Å²) in [5.41, 5.74) is -6.73. The summed E-state index contributed by atoms with van der Waals surface area (Å²) in [6.45, 7) is 1.20. The molecule has 0 saturated carbocycles. The van der Waals surface area contributed by atoms with Crippen molar-refractivity contribution in [1.29, 1.82) is 0 Å². The smallest absolute Gasteiger partial charge is 0.433 e. The van der Waals surface area contributed by atoms with Gasteiger partial charge in [0.05, 0.1) is 22.5 Å². The topological polar surface area (TPSA) is 98.7 Å². The minimum Gasteiger partial charge on any atom is -0.509 e. The van der Waals surface area contributed by atoms with E-state index in [9.17, 15) is 54.2 Å². The molecule has 0 bridgehead atoms. The summed E-state index contributed by atoms with van der Waals surface area (Å²) in [6.07, 6.45) is -15.1. The summed E-state index contributed by atoms with van der Waals surface area (Å²) in [5.74, 6) is -3.19. The van der Waals surface area contributed by atoms with Gasteiger partial charge in [0.2, 0.25) is 0 Å². The lowest BCUT2D eigenvalue weighted by Crippen LogP contribution is -2.61. The molecule has 0 radical (unpaired) electrons. The number of aromatic nitrogens is 2. The van der Waals surface area contributed by atoms with Crippen LogP contribution in [-0.2, 0) is 21.9 Å². The normalized spacial score (nSPS) is 20.2. The number of hydrazine groups is 1. The van der Waals surface area contributed by atoms with Gasteiger partial charge in [-0.1, -0.05) is 0 Å². The molecule has 2 aliphatic heterocycles. The van der Waals surface area contributed by atoms with Crippen LogP contribution in [0, 0.1) is 0 Å². The Labute approximate surface area is 231 Å². The molecule has 0 aliphatic carbocycles. The summed E-state index contributed by atoms with van der Waals surface area (Å²) in [6, 6.07) is 2.08. The molecule has 228 valence electrons. The molecule has 1 fully saturated rings. The van der Waals surface area contributed by atoms with E-state index in [0.717, 1.165) is 11.1 Å². The summed E-state index contributed by atoms with van der Waals surface area (Å²) in [7, 11) is 0. The van der Waals surface area contributed by atoms with Gasteiger partial charge in [0.25, 0.3) is 11.8 Å². The van der Waals surface area contributed by atoms with Crippen molar-refractivity contribution in [2.45, 2.75) is 56.7 Å². The third kappa shape index (κ3) is 6.15. The van der Waals surface area contributed by atoms with Gasteiger partial charge in [-0.2, -0.15) is 39.5 Å². The summed E-state index contributed by atoms with van der Waals surface area (Å²) >= 11 is 0. The molecule has 1 aromatic heterocycles. The first-order valence-electron chi connectivity index (χ1n) is 12.3. The van der Waals surface area contributed by atoms with Crippen LogP contribution in [0.15, 0.2) is 41.9 Å². The van der Waals surface area contributed by atoms with E-state index in [1.165, 1.54) is 11.9 Å². The Morgan fingerprint density at radius 3 is 2.36 bits per heavy atom. The summed E-state index contributed by atoms with van der Waals surface area (Å²) in [5, 5.41) is 15.5. The molecular formula is C25H22F9N5O3. The van der Waals surface area contributed by atoms with E-state index in [-0.39, 0.29) is 13.0 Å². The van der Waals surface area contributed by atoms with Gasteiger partial charge >= 0.3 is 18.5 Å². The number of fused-ring (bicyclic) bond motifs is 1. The highest BCUT2D eigenvalue weighted by Crippen LogP contribution is 2.42. The molecule has 17 heteroatoms. The Balaban J connectivity index is 1.74. The number of hydrogen-bond acceptors (Lipinski definition) is 6. The third-order valence-electron chi connectivity index (χ3n) is 6.98. The molecule has 1 atom stereocenters. The number of carbonyl (C=O) groups is 2. The lowest BCUT2D eigenvalue weighted by molar-refractivity contribution is -0.163. The van der Waals surface area contributed by atoms with E-state index in [2.05, 4.69) is 15.3 Å². The lowest BCUT2D eigenvalue weighted by atomic mass is 9.90. The molecule has 0 unspecified atom stereocenters. The zero-order chi connectivity index (χ0) is 31.3. The number of halogens is 9. The Morgan fingerprint density at radius 2 is 1.74 bits per heavy atom. The van der Waals surface area contributed by atoms with E-state index < -0.39 is 94.8 Å². The van der Waals surface area contributed by atoms with Crippen LogP contribution in [0.3, 0.4) is 0 Å². The van der Waals surface area contributed by atoms with Crippen molar-refractivity contribution in [3.05, 3.63) is 53.2 Å². The molecule has 0 spiro atoms. The van der Waals surface area contributed by atoms with Gasteiger partial charge in [-0.3, -0.25) is 14.6 Å². The maximum absolute atomic E-state index is 13.5. The van der Waals surface area contributed by atoms with Crippen molar-refractivity contribution >= 4 is 17.5 Å². The fourth-order valence-electron chi connectivity index (χ4n) is 4.93. The molecule has 1 aromatic carbocycles. The van der Waals surface area contributed by atoms with Crippen molar-refractivity contribution in [2.75, 3.05) is 18.4 Å². The van der Waals surface area contributed by atoms with Gasteiger partial charge in [0.1, 0.15) is 23.4 Å². The van der Waals surface area contributed by atoms with Crippen LogP contribution in [0.1, 0.15) is 43.9 Å². The average Bonchev–Trinajstić information content (AvgIpc) is 3.27. The van der Waals surface area contributed by atoms with E-state index in [1.54, 1.807) is 0 Å². The number of aliphatic hydroxyl groups excluding tert-OH is 1. The minimum absolute atomic E-state index is 0.186. The number of nitrogens with zero attached hydrogens (tertiary/aromatic N) is 4.